The quantitative estimate of drug-likeness (QED) is 0.787. The van der Waals surface area contributed by atoms with Crippen molar-refractivity contribution in [3.8, 4) is 0 Å². The molecule has 0 fully saturated rings. The van der Waals surface area contributed by atoms with Gasteiger partial charge in [0.25, 0.3) is 0 Å². The van der Waals surface area contributed by atoms with Crippen LogP contribution in [0, 0.1) is 5.92 Å². The van der Waals surface area contributed by atoms with E-state index >= 15 is 0 Å². The van der Waals surface area contributed by atoms with E-state index in [1.807, 2.05) is 0 Å². The predicted octanol–water partition coefficient (Wildman–Crippen LogP) is 4.50. The van der Waals surface area contributed by atoms with Crippen LogP contribution < -0.4 is 5.73 Å². The molecule has 1 aromatic heterocycles. The topological polar surface area (TPSA) is 51.3 Å². The Labute approximate surface area is 140 Å². The minimum absolute atomic E-state index is 0.105. The van der Waals surface area contributed by atoms with Gasteiger partial charge in [0.2, 0.25) is 0 Å². The molecule has 1 unspecified atom stereocenters. The lowest BCUT2D eigenvalue weighted by Gasteiger charge is -2.15. The molecule has 0 aromatic carbocycles. The number of nitrogens with zero attached hydrogens (tertiary/aromatic N) is 2. The minimum atomic E-state index is -4.66. The number of halogens is 6. The standard InChI is InChI=1S/C16H15F6N3/c1-9-2-3-13(15(17,18)19)24-7-11(4-9)12-5-10(6-23)14(25-8-12)16(20,21)22/h3-5,7-9H,2,6,23H2,1H3/b11-4+,13-3+,24-7+. The van der Waals surface area contributed by atoms with Crippen molar-refractivity contribution in [3.05, 3.63) is 46.9 Å². The molecule has 0 saturated carbocycles. The molecule has 3 nitrogen and oxygen atoms in total. The normalized spacial score (nSPS) is 24.6. The van der Waals surface area contributed by atoms with E-state index in [0.29, 0.717) is 0 Å². The molecule has 2 rings (SSSR count). The summed E-state index contributed by atoms with van der Waals surface area (Å²) >= 11 is 0. The van der Waals surface area contributed by atoms with Gasteiger partial charge in [0.05, 0.1) is 0 Å². The van der Waals surface area contributed by atoms with Crippen LogP contribution in [0.2, 0.25) is 0 Å². The number of nitrogens with two attached hydrogens (primary N) is 1. The Morgan fingerprint density at radius 1 is 1.16 bits per heavy atom. The molecular weight excluding hydrogens is 348 g/mol. The van der Waals surface area contributed by atoms with Gasteiger partial charge in [0, 0.05) is 24.5 Å². The largest absolute Gasteiger partial charge is 0.433 e. The number of aliphatic imine (C=N–C) groups is 1. The summed E-state index contributed by atoms with van der Waals surface area (Å²) in [7, 11) is 0. The van der Waals surface area contributed by atoms with E-state index in [1.54, 1.807) is 13.0 Å². The summed E-state index contributed by atoms with van der Waals surface area (Å²) in [5.74, 6) is -0.261. The van der Waals surface area contributed by atoms with Crippen molar-refractivity contribution >= 4 is 11.8 Å². The second-order valence-corrected chi connectivity index (χ2v) is 5.61. The Morgan fingerprint density at radius 2 is 1.84 bits per heavy atom. The van der Waals surface area contributed by atoms with Gasteiger partial charge in [-0.2, -0.15) is 26.3 Å². The molecule has 0 spiro atoms. The molecule has 0 saturated heterocycles. The lowest BCUT2D eigenvalue weighted by Crippen LogP contribution is -2.15. The van der Waals surface area contributed by atoms with E-state index < -0.39 is 30.3 Å². The Kier molecular flexibility index (Phi) is 5.36. The summed E-state index contributed by atoms with van der Waals surface area (Å²) in [5, 5.41) is 0. The SMILES string of the molecule is CC1\C=C(c2cnc(C(F)(F)F)c(CN)c2)/C=N/C(C(F)(F)F)=C/C1. The van der Waals surface area contributed by atoms with Crippen LogP contribution in [0.4, 0.5) is 26.3 Å². The van der Waals surface area contributed by atoms with E-state index in [1.165, 1.54) is 6.07 Å². The maximum absolute atomic E-state index is 12.9. The number of rotatable bonds is 2. The first-order chi connectivity index (χ1) is 11.5. The van der Waals surface area contributed by atoms with E-state index in [0.717, 1.165) is 18.5 Å². The fourth-order valence-electron chi connectivity index (χ4n) is 2.35. The molecule has 1 aliphatic rings. The van der Waals surface area contributed by atoms with Crippen LogP contribution in [0.25, 0.3) is 5.57 Å². The number of hydrogen-bond acceptors (Lipinski definition) is 3. The summed E-state index contributed by atoms with van der Waals surface area (Å²) in [6.45, 7) is 1.30. The summed E-state index contributed by atoms with van der Waals surface area (Å²) < 4.78 is 77.2. The van der Waals surface area contributed by atoms with Gasteiger partial charge in [0.1, 0.15) is 11.4 Å². The van der Waals surface area contributed by atoms with Crippen LogP contribution in [0.5, 0.6) is 0 Å². The van der Waals surface area contributed by atoms with Gasteiger partial charge >= 0.3 is 12.4 Å². The summed E-state index contributed by atoms with van der Waals surface area (Å²) in [6.07, 6.45) is -4.57. The van der Waals surface area contributed by atoms with Crippen LogP contribution in [-0.2, 0) is 12.7 Å². The maximum Gasteiger partial charge on any atom is 0.433 e. The molecule has 136 valence electrons. The van der Waals surface area contributed by atoms with E-state index in [2.05, 4.69) is 9.98 Å². The second kappa shape index (κ2) is 6.99. The van der Waals surface area contributed by atoms with Gasteiger partial charge in [-0.05, 0) is 29.5 Å². The van der Waals surface area contributed by atoms with Crippen LogP contribution >= 0.6 is 0 Å². The molecule has 2 heterocycles. The predicted molar refractivity (Wildman–Crippen MR) is 81.5 cm³/mol. The number of alkyl halides is 6. The third kappa shape index (κ3) is 4.68. The maximum atomic E-state index is 12.9. The fourth-order valence-corrected chi connectivity index (χ4v) is 2.35. The monoisotopic (exact) mass is 363 g/mol. The summed E-state index contributed by atoms with van der Waals surface area (Å²) in [6, 6.07) is 1.18. The fraction of sp³-hybridized carbons (Fsp3) is 0.375. The van der Waals surface area contributed by atoms with Crippen molar-refractivity contribution in [3.63, 3.8) is 0 Å². The van der Waals surface area contributed by atoms with Gasteiger partial charge in [0.15, 0.2) is 0 Å². The number of hydrogen-bond donors (Lipinski definition) is 1. The van der Waals surface area contributed by atoms with E-state index in [9.17, 15) is 26.3 Å². The highest BCUT2D eigenvalue weighted by Crippen LogP contribution is 2.33. The number of aromatic nitrogens is 1. The Morgan fingerprint density at radius 3 is 2.40 bits per heavy atom. The van der Waals surface area contributed by atoms with Crippen molar-refractivity contribution in [1.29, 1.82) is 0 Å². The minimum Gasteiger partial charge on any atom is -0.326 e. The first kappa shape index (κ1) is 19.2. The third-order valence-electron chi connectivity index (χ3n) is 3.57. The zero-order valence-corrected chi connectivity index (χ0v) is 13.1. The smallest absolute Gasteiger partial charge is 0.326 e. The third-order valence-corrected chi connectivity index (χ3v) is 3.57. The van der Waals surface area contributed by atoms with Gasteiger partial charge in [-0.25, -0.2) is 0 Å². The molecule has 25 heavy (non-hydrogen) atoms. The summed E-state index contributed by atoms with van der Waals surface area (Å²) in [4.78, 5) is 6.83. The van der Waals surface area contributed by atoms with E-state index in [-0.39, 0.29) is 29.0 Å². The zero-order valence-electron chi connectivity index (χ0n) is 13.1. The van der Waals surface area contributed by atoms with Gasteiger partial charge in [-0.3, -0.25) is 9.98 Å². The number of pyridine rings is 1. The molecule has 0 aliphatic carbocycles. The van der Waals surface area contributed by atoms with Crippen molar-refractivity contribution in [2.45, 2.75) is 32.2 Å². The molecular formula is C16H15F6N3. The van der Waals surface area contributed by atoms with Crippen LogP contribution in [0.15, 0.2) is 35.1 Å². The van der Waals surface area contributed by atoms with Gasteiger partial charge in [-0.15, -0.1) is 0 Å². The number of allylic oxidation sites excluding steroid dienone is 4. The van der Waals surface area contributed by atoms with Gasteiger partial charge < -0.3 is 5.73 Å². The Hall–Kier alpha value is -2.16. The first-order valence-electron chi connectivity index (χ1n) is 7.32. The molecule has 1 aromatic rings. The van der Waals surface area contributed by atoms with Crippen molar-refractivity contribution in [1.82, 2.24) is 4.98 Å². The molecule has 1 aliphatic heterocycles. The molecule has 0 radical (unpaired) electrons. The molecule has 1 atom stereocenters. The summed E-state index contributed by atoms with van der Waals surface area (Å²) in [5.41, 5.74) is 3.47. The zero-order chi connectivity index (χ0) is 18.8. The average molecular weight is 363 g/mol. The molecule has 2 N–H and O–H groups in total. The highest BCUT2D eigenvalue weighted by Gasteiger charge is 2.35. The lowest BCUT2D eigenvalue weighted by atomic mass is 9.97. The molecule has 0 bridgehead atoms. The lowest BCUT2D eigenvalue weighted by molar-refractivity contribution is -0.141. The molecule has 0 amide bonds. The van der Waals surface area contributed by atoms with E-state index in [4.69, 9.17) is 5.73 Å². The van der Waals surface area contributed by atoms with Gasteiger partial charge in [-0.1, -0.05) is 19.1 Å². The Balaban J connectivity index is 2.47. The van der Waals surface area contributed by atoms with Crippen molar-refractivity contribution < 1.29 is 26.3 Å². The van der Waals surface area contributed by atoms with Crippen molar-refractivity contribution in [2.75, 3.05) is 0 Å². The second-order valence-electron chi connectivity index (χ2n) is 5.61. The highest BCUT2D eigenvalue weighted by molar-refractivity contribution is 6.10. The van der Waals surface area contributed by atoms with Crippen molar-refractivity contribution in [2.24, 2.45) is 16.6 Å². The van der Waals surface area contributed by atoms with Crippen LogP contribution in [0.1, 0.15) is 30.2 Å². The average Bonchev–Trinajstić information content (AvgIpc) is 2.48. The Bertz CT molecular complexity index is 728. The van der Waals surface area contributed by atoms with Crippen LogP contribution in [-0.4, -0.2) is 17.4 Å². The highest BCUT2D eigenvalue weighted by atomic mass is 19.4. The van der Waals surface area contributed by atoms with Crippen LogP contribution in [0.3, 0.4) is 0 Å². The first-order valence-corrected chi connectivity index (χ1v) is 7.32. The molecule has 9 heteroatoms.